The zero-order chi connectivity index (χ0) is 23.1. The van der Waals surface area contributed by atoms with Crippen LogP contribution in [0.25, 0.3) is 38.8 Å². The molecule has 6 rings (SSSR count). The van der Waals surface area contributed by atoms with Gasteiger partial charge >= 0.3 is 0 Å². The first-order valence-corrected chi connectivity index (χ1v) is 10.9. The molecule has 0 unspecified atom stereocenters. The Hall–Kier alpha value is -4.44. The van der Waals surface area contributed by atoms with E-state index in [1.165, 1.54) is 10.8 Å². The van der Waals surface area contributed by atoms with E-state index in [-0.39, 0.29) is 0 Å². The lowest BCUT2D eigenvalue weighted by Gasteiger charge is -2.19. The largest absolute Gasteiger partial charge is 0.329 e. The fourth-order valence-corrected chi connectivity index (χ4v) is 4.42. The second-order valence-electron chi connectivity index (χ2n) is 8.00. The van der Waals surface area contributed by atoms with Crippen LogP contribution in [0.3, 0.4) is 0 Å². The molecule has 4 nitrogen and oxygen atoms in total. The van der Waals surface area contributed by atoms with Gasteiger partial charge in [0.2, 0.25) is 0 Å². The second kappa shape index (κ2) is 7.92. The number of para-hydroxylation sites is 1. The topological polar surface area (TPSA) is 34.0 Å². The number of hydrogen-bond acceptors (Lipinski definition) is 3. The van der Waals surface area contributed by atoms with Crippen molar-refractivity contribution < 1.29 is 1.37 Å². The van der Waals surface area contributed by atoms with E-state index < -0.39 is 0 Å². The highest BCUT2D eigenvalue weighted by Crippen LogP contribution is 2.35. The van der Waals surface area contributed by atoms with Gasteiger partial charge in [0, 0.05) is 35.9 Å². The Balaban J connectivity index is 1.49. The number of hydrogen-bond donors (Lipinski definition) is 0. The molecular formula is C29H22N4. The van der Waals surface area contributed by atoms with E-state index in [0.717, 1.165) is 39.5 Å². The molecule has 0 bridgehead atoms. The molecule has 0 spiro atoms. The molecule has 0 aliphatic rings. The maximum atomic E-state index is 7.68. The maximum Gasteiger partial charge on any atom is 0.137 e. The summed E-state index contributed by atoms with van der Waals surface area (Å²) in [4.78, 5) is 11.1. The van der Waals surface area contributed by atoms with Crippen molar-refractivity contribution in [1.82, 2.24) is 14.5 Å². The summed E-state index contributed by atoms with van der Waals surface area (Å²) in [6.07, 6.45) is 3.40. The molecule has 0 radical (unpaired) electrons. The molecule has 33 heavy (non-hydrogen) atoms. The summed E-state index contributed by atoms with van der Waals surface area (Å²) >= 11 is 0. The third kappa shape index (κ3) is 3.33. The van der Waals surface area contributed by atoms with Crippen molar-refractivity contribution in [2.45, 2.75) is 0 Å². The molecule has 0 saturated carbocycles. The molecule has 0 saturated heterocycles. The van der Waals surface area contributed by atoms with Crippen LogP contribution in [0.2, 0.25) is 0 Å². The van der Waals surface area contributed by atoms with Crippen LogP contribution in [-0.2, 0) is 0 Å². The highest BCUT2D eigenvalue weighted by Gasteiger charge is 2.14. The third-order valence-corrected chi connectivity index (χ3v) is 6.06. The number of anilines is 2. The Kier molecular flexibility index (Phi) is 4.36. The van der Waals surface area contributed by atoms with Gasteiger partial charge in [-0.25, -0.2) is 9.97 Å². The first-order valence-electron chi connectivity index (χ1n) is 11.4. The van der Waals surface area contributed by atoms with Gasteiger partial charge in [0.25, 0.3) is 0 Å². The van der Waals surface area contributed by atoms with Crippen molar-refractivity contribution in [3.8, 4) is 16.9 Å². The number of benzene rings is 3. The van der Waals surface area contributed by atoms with Crippen LogP contribution in [0.5, 0.6) is 0 Å². The minimum atomic E-state index is 0.405. The fraction of sp³-hybridized carbons (Fsp3) is 0.0345. The average Bonchev–Trinajstić information content (AvgIpc) is 3.23. The van der Waals surface area contributed by atoms with E-state index in [4.69, 9.17) is 1.37 Å². The van der Waals surface area contributed by atoms with Gasteiger partial charge in [0.15, 0.2) is 0 Å². The van der Waals surface area contributed by atoms with Crippen molar-refractivity contribution in [3.63, 3.8) is 0 Å². The van der Waals surface area contributed by atoms with Gasteiger partial charge in [-0.2, -0.15) is 0 Å². The zero-order valence-electron chi connectivity index (χ0n) is 19.2. The summed E-state index contributed by atoms with van der Waals surface area (Å²) in [6, 6.07) is 33.6. The van der Waals surface area contributed by atoms with Crippen LogP contribution in [0.4, 0.5) is 11.5 Å². The summed E-state index contributed by atoms with van der Waals surface area (Å²) in [5.41, 5.74) is 5.57. The zero-order valence-corrected chi connectivity index (χ0v) is 18.2. The molecule has 3 aromatic carbocycles. The Morgan fingerprint density at radius 1 is 0.697 bits per heavy atom. The van der Waals surface area contributed by atoms with Gasteiger partial charge in [-0.15, -0.1) is 0 Å². The summed E-state index contributed by atoms with van der Waals surface area (Å²) < 4.78 is 9.91. The highest BCUT2D eigenvalue weighted by molar-refractivity contribution is 6.10. The van der Waals surface area contributed by atoms with E-state index in [0.29, 0.717) is 6.04 Å². The smallest absolute Gasteiger partial charge is 0.137 e. The number of aromatic nitrogens is 3. The van der Waals surface area contributed by atoms with E-state index in [2.05, 4.69) is 81.3 Å². The minimum Gasteiger partial charge on any atom is -0.329 e. The van der Waals surface area contributed by atoms with Gasteiger partial charge in [-0.1, -0.05) is 54.6 Å². The lowest BCUT2D eigenvalue weighted by Crippen LogP contribution is -2.10. The number of nitrogens with zero attached hydrogens (tertiary/aromatic N) is 4. The number of rotatable bonds is 4. The molecule has 0 aliphatic heterocycles. The highest BCUT2D eigenvalue weighted by atomic mass is 15.2. The van der Waals surface area contributed by atoms with Gasteiger partial charge in [0.1, 0.15) is 11.6 Å². The molecule has 3 heterocycles. The predicted molar refractivity (Wildman–Crippen MR) is 136 cm³/mol. The van der Waals surface area contributed by atoms with Gasteiger partial charge < -0.3 is 4.90 Å². The van der Waals surface area contributed by atoms with Crippen LogP contribution in [0.1, 0.15) is 1.37 Å². The van der Waals surface area contributed by atoms with Crippen molar-refractivity contribution >= 4 is 33.3 Å². The fourth-order valence-electron chi connectivity index (χ4n) is 4.42. The minimum absolute atomic E-state index is 0.405. The molecule has 0 fully saturated rings. The standard InChI is InChI=1S/C29H22N4/c1-32(28-13-4-6-17-30-28)23-10-8-9-21(19-23)22-15-16-25-24-11-2-3-12-26(24)33(27(25)20-22)29-14-5-7-18-31-29/h2-20H,1H3/i6D. The van der Waals surface area contributed by atoms with Crippen LogP contribution in [0, 0.1) is 0 Å². The van der Waals surface area contributed by atoms with Crippen molar-refractivity contribution in [1.29, 1.82) is 0 Å². The van der Waals surface area contributed by atoms with Crippen molar-refractivity contribution in [3.05, 3.63) is 115 Å². The Morgan fingerprint density at radius 2 is 1.55 bits per heavy atom. The van der Waals surface area contributed by atoms with E-state index in [1.54, 1.807) is 12.3 Å². The van der Waals surface area contributed by atoms with E-state index in [1.807, 2.05) is 42.4 Å². The first-order chi connectivity index (χ1) is 16.7. The normalized spacial score (nSPS) is 11.6. The summed E-state index contributed by atoms with van der Waals surface area (Å²) in [7, 11) is 1.99. The van der Waals surface area contributed by atoms with Crippen LogP contribution in [-0.4, -0.2) is 21.6 Å². The Morgan fingerprint density at radius 3 is 2.39 bits per heavy atom. The van der Waals surface area contributed by atoms with Crippen molar-refractivity contribution in [2.75, 3.05) is 11.9 Å². The molecule has 6 aromatic rings. The summed E-state index contributed by atoms with van der Waals surface area (Å²) in [5.74, 6) is 1.71. The lowest BCUT2D eigenvalue weighted by atomic mass is 10.0. The summed E-state index contributed by atoms with van der Waals surface area (Å²) in [5, 5.41) is 2.42. The number of fused-ring (bicyclic) bond motifs is 3. The quantitative estimate of drug-likeness (QED) is 0.303. The molecule has 0 amide bonds. The van der Waals surface area contributed by atoms with E-state index >= 15 is 0 Å². The second-order valence-corrected chi connectivity index (χ2v) is 8.00. The molecule has 0 atom stereocenters. The Bertz CT molecular complexity index is 1620. The maximum absolute atomic E-state index is 7.68. The number of pyridine rings is 2. The molecule has 0 N–H and O–H groups in total. The molecule has 4 heteroatoms. The third-order valence-electron chi connectivity index (χ3n) is 6.06. The average molecular weight is 428 g/mol. The van der Waals surface area contributed by atoms with E-state index in [9.17, 15) is 0 Å². The van der Waals surface area contributed by atoms with Crippen LogP contribution in [0.15, 0.2) is 115 Å². The van der Waals surface area contributed by atoms with Crippen LogP contribution >= 0.6 is 0 Å². The molecule has 3 aromatic heterocycles. The van der Waals surface area contributed by atoms with Gasteiger partial charge in [0.05, 0.1) is 12.4 Å². The summed E-state index contributed by atoms with van der Waals surface area (Å²) in [6.45, 7) is 0. The van der Waals surface area contributed by atoms with Gasteiger partial charge in [-0.05, 0) is 59.6 Å². The molecule has 0 aliphatic carbocycles. The SMILES string of the molecule is [2H]c1ccc(N(C)c2cccc(-c3ccc4c5ccccc5n(-c5ccccn5)c4c3)c2)nc1. The monoisotopic (exact) mass is 427 g/mol. The molecule has 158 valence electrons. The van der Waals surface area contributed by atoms with Crippen molar-refractivity contribution in [2.24, 2.45) is 0 Å². The first kappa shape index (κ1) is 18.2. The lowest BCUT2D eigenvalue weighted by molar-refractivity contribution is 1.08. The van der Waals surface area contributed by atoms with Gasteiger partial charge in [-0.3, -0.25) is 4.57 Å². The predicted octanol–water partition coefficient (Wildman–Crippen LogP) is 7.01. The Labute approximate surface area is 193 Å². The molecular weight excluding hydrogens is 404 g/mol. The van der Waals surface area contributed by atoms with Crippen LogP contribution < -0.4 is 4.90 Å².